The maximum absolute atomic E-state index is 11.4. The van der Waals surface area contributed by atoms with Gasteiger partial charge in [-0.25, -0.2) is 10.7 Å². The van der Waals surface area contributed by atoms with Gasteiger partial charge in [0.05, 0.1) is 19.3 Å². The van der Waals surface area contributed by atoms with Crippen LogP contribution in [0.4, 0.5) is 0 Å². The van der Waals surface area contributed by atoms with E-state index in [0.29, 0.717) is 5.56 Å². The van der Waals surface area contributed by atoms with Crippen molar-refractivity contribution in [2.75, 3.05) is 7.11 Å². The highest BCUT2D eigenvalue weighted by Crippen LogP contribution is 2.17. The van der Waals surface area contributed by atoms with Gasteiger partial charge < -0.3 is 4.74 Å². The molecule has 15 heavy (non-hydrogen) atoms. The summed E-state index contributed by atoms with van der Waals surface area (Å²) < 4.78 is 4.69. The third kappa shape index (κ3) is 2.55. The van der Waals surface area contributed by atoms with E-state index in [1.165, 1.54) is 7.11 Å². The van der Waals surface area contributed by atoms with Crippen LogP contribution in [0.3, 0.4) is 0 Å². The zero-order valence-electron chi connectivity index (χ0n) is 9.16. The van der Waals surface area contributed by atoms with Crippen molar-refractivity contribution in [3.63, 3.8) is 0 Å². The highest BCUT2D eigenvalue weighted by atomic mass is 16.6. The van der Waals surface area contributed by atoms with E-state index in [1.54, 1.807) is 6.07 Å². The normalized spacial score (nSPS) is 10.1. The second-order valence-corrected chi connectivity index (χ2v) is 3.39. The number of benzene rings is 1. The molecule has 0 aromatic heterocycles. The first kappa shape index (κ1) is 11.7. The molecule has 2 N–H and O–H groups in total. The molecule has 0 atom stereocenters. The molecule has 82 valence electrons. The molecule has 0 aliphatic heterocycles. The maximum atomic E-state index is 11.4. The largest absolute Gasteiger partial charge is 0.465 e. The van der Waals surface area contributed by atoms with Crippen LogP contribution >= 0.6 is 0 Å². The van der Waals surface area contributed by atoms with Crippen molar-refractivity contribution in [3.05, 3.63) is 34.4 Å². The Labute approximate surface area is 88.9 Å². The second kappa shape index (κ2) is 4.91. The van der Waals surface area contributed by atoms with Gasteiger partial charge in [-0.15, -0.1) is 0 Å². The van der Waals surface area contributed by atoms with Crippen molar-refractivity contribution in [1.29, 1.82) is 0 Å². The first-order valence-electron chi connectivity index (χ1n) is 4.60. The molecule has 0 unspecified atom stereocenters. The predicted octanol–water partition coefficient (Wildman–Crippen LogP) is 1.48. The zero-order valence-corrected chi connectivity index (χ0v) is 9.16. The third-order valence-electron chi connectivity index (χ3n) is 2.38. The van der Waals surface area contributed by atoms with Crippen molar-refractivity contribution < 1.29 is 14.4 Å². The summed E-state index contributed by atoms with van der Waals surface area (Å²) in [4.78, 5) is 16.0. The predicted molar refractivity (Wildman–Crippen MR) is 56.2 cm³/mol. The molecule has 4 heteroatoms. The monoisotopic (exact) mass is 209 g/mol. The van der Waals surface area contributed by atoms with Crippen LogP contribution in [0.1, 0.15) is 27.0 Å². The smallest absolute Gasteiger partial charge is 0.338 e. The lowest BCUT2D eigenvalue weighted by Gasteiger charge is -2.09. The number of carbonyl (C=O) groups is 1. The molecule has 4 nitrogen and oxygen atoms in total. The third-order valence-corrected chi connectivity index (χ3v) is 2.38. The van der Waals surface area contributed by atoms with Crippen molar-refractivity contribution in [1.82, 2.24) is 0 Å². The molecule has 0 fully saturated rings. The first-order valence-corrected chi connectivity index (χ1v) is 4.60. The number of nitrogens with two attached hydrogens (primary N) is 1. The number of aryl methyl sites for hydroxylation is 1. The van der Waals surface area contributed by atoms with Gasteiger partial charge in [0.25, 0.3) is 0 Å². The van der Waals surface area contributed by atoms with E-state index >= 15 is 0 Å². The summed E-state index contributed by atoms with van der Waals surface area (Å²) in [6, 6.07) is 3.68. The highest BCUT2D eigenvalue weighted by Gasteiger charge is 2.12. The van der Waals surface area contributed by atoms with Crippen molar-refractivity contribution >= 4 is 5.97 Å². The molecular formula is C11H15NO3. The van der Waals surface area contributed by atoms with Crippen LogP contribution in [-0.4, -0.2) is 13.1 Å². The number of ether oxygens (including phenoxy) is 1. The number of esters is 1. The van der Waals surface area contributed by atoms with Crippen LogP contribution in [0.2, 0.25) is 0 Å². The van der Waals surface area contributed by atoms with Crippen LogP contribution in [-0.2, 0) is 16.2 Å². The second-order valence-electron chi connectivity index (χ2n) is 3.39. The van der Waals surface area contributed by atoms with Gasteiger partial charge in [0.1, 0.15) is 0 Å². The molecule has 0 saturated heterocycles. The summed E-state index contributed by atoms with van der Waals surface area (Å²) in [5, 5.41) is 0. The fourth-order valence-electron chi connectivity index (χ4n) is 1.44. The first-order chi connectivity index (χ1) is 7.10. The highest BCUT2D eigenvalue weighted by molar-refractivity contribution is 5.91. The van der Waals surface area contributed by atoms with Gasteiger partial charge in [-0.1, -0.05) is 6.07 Å². The zero-order chi connectivity index (χ0) is 11.4. The molecule has 0 amide bonds. The standard InChI is InChI=1S/C11H15NO3/c1-7-4-9(6-15-12)5-10(8(7)2)11(13)14-3/h4-5H,6,12H2,1-3H3. The average molecular weight is 209 g/mol. The Balaban J connectivity index is 3.18. The Morgan fingerprint density at radius 3 is 2.60 bits per heavy atom. The van der Waals surface area contributed by atoms with Crippen LogP contribution < -0.4 is 5.90 Å². The Morgan fingerprint density at radius 1 is 1.40 bits per heavy atom. The molecule has 1 rings (SSSR count). The molecule has 0 saturated carbocycles. The van der Waals surface area contributed by atoms with E-state index in [0.717, 1.165) is 16.7 Å². The van der Waals surface area contributed by atoms with Gasteiger partial charge in [0.15, 0.2) is 0 Å². The van der Waals surface area contributed by atoms with Gasteiger partial charge in [-0.05, 0) is 36.6 Å². The Hall–Kier alpha value is -1.39. The Bertz CT molecular complexity index is 374. The fourth-order valence-corrected chi connectivity index (χ4v) is 1.44. The summed E-state index contributed by atoms with van der Waals surface area (Å²) in [6.45, 7) is 4.10. The minimum atomic E-state index is -0.338. The topological polar surface area (TPSA) is 61.5 Å². The van der Waals surface area contributed by atoms with Crippen molar-refractivity contribution in [2.24, 2.45) is 5.90 Å². The minimum absolute atomic E-state index is 0.283. The molecule has 0 spiro atoms. The lowest BCUT2D eigenvalue weighted by Crippen LogP contribution is -2.07. The van der Waals surface area contributed by atoms with Gasteiger partial charge in [0.2, 0.25) is 0 Å². The number of carbonyl (C=O) groups excluding carboxylic acids is 1. The molecule has 0 aliphatic rings. The SMILES string of the molecule is COC(=O)c1cc(CON)cc(C)c1C. The van der Waals surface area contributed by atoms with Gasteiger partial charge in [-0.2, -0.15) is 0 Å². The molecule has 0 radical (unpaired) electrons. The molecule has 0 bridgehead atoms. The van der Waals surface area contributed by atoms with E-state index in [9.17, 15) is 4.79 Å². The lowest BCUT2D eigenvalue weighted by molar-refractivity contribution is 0.0599. The van der Waals surface area contributed by atoms with Crippen molar-refractivity contribution in [3.8, 4) is 0 Å². The molecule has 0 heterocycles. The van der Waals surface area contributed by atoms with E-state index in [4.69, 9.17) is 10.6 Å². The van der Waals surface area contributed by atoms with Crippen molar-refractivity contribution in [2.45, 2.75) is 20.5 Å². The van der Waals surface area contributed by atoms with Crippen LogP contribution in [0.15, 0.2) is 12.1 Å². The Kier molecular flexibility index (Phi) is 3.82. The van der Waals surface area contributed by atoms with Crippen LogP contribution in [0.5, 0.6) is 0 Å². The van der Waals surface area contributed by atoms with E-state index in [-0.39, 0.29) is 12.6 Å². The molecule has 0 aliphatic carbocycles. The Morgan fingerprint density at radius 2 is 2.07 bits per heavy atom. The molecular weight excluding hydrogens is 194 g/mol. The van der Waals surface area contributed by atoms with E-state index in [2.05, 4.69) is 4.84 Å². The lowest BCUT2D eigenvalue weighted by atomic mass is 10.00. The number of hydrogen-bond acceptors (Lipinski definition) is 4. The fraction of sp³-hybridized carbons (Fsp3) is 0.364. The van der Waals surface area contributed by atoms with Gasteiger partial charge in [-0.3, -0.25) is 4.84 Å². The van der Waals surface area contributed by atoms with E-state index in [1.807, 2.05) is 19.9 Å². The van der Waals surface area contributed by atoms with Crippen LogP contribution in [0, 0.1) is 13.8 Å². The summed E-state index contributed by atoms with van der Waals surface area (Å²) in [7, 11) is 1.36. The molecule has 1 aromatic carbocycles. The summed E-state index contributed by atoms with van der Waals surface area (Å²) >= 11 is 0. The maximum Gasteiger partial charge on any atom is 0.338 e. The number of methoxy groups -OCH3 is 1. The summed E-state index contributed by atoms with van der Waals surface area (Å²) in [6.07, 6.45) is 0. The average Bonchev–Trinajstić information content (AvgIpc) is 2.22. The number of rotatable bonds is 3. The quantitative estimate of drug-likeness (QED) is 0.605. The summed E-state index contributed by atoms with van der Waals surface area (Å²) in [5.74, 6) is 4.65. The molecule has 1 aromatic rings. The van der Waals surface area contributed by atoms with Crippen LogP contribution in [0.25, 0.3) is 0 Å². The number of hydrogen-bond donors (Lipinski definition) is 1. The van der Waals surface area contributed by atoms with E-state index < -0.39 is 0 Å². The van der Waals surface area contributed by atoms with Gasteiger partial charge in [0, 0.05) is 0 Å². The summed E-state index contributed by atoms with van der Waals surface area (Å²) in [5.41, 5.74) is 3.36. The van der Waals surface area contributed by atoms with Gasteiger partial charge >= 0.3 is 5.97 Å². The minimum Gasteiger partial charge on any atom is -0.465 e.